The molecular formula is C27H22F4N2O7. The lowest BCUT2D eigenvalue weighted by atomic mass is 10.2. The first kappa shape index (κ1) is 29.5. The molecule has 13 heteroatoms. The summed E-state index contributed by atoms with van der Waals surface area (Å²) in [6, 6.07) is 14.3. The standard InChI is InChI=1S/C27H22F4N2O7/c28-26(29)27(30,31)40-22-8-4-17(5-9-22)25(36)39-21-6-1-16(2-7-21)3-10-23(34)37-11-12-38-24(35)18-13-19(32)15-20(33)14-18/h1-10,13-15,26H,11-12,32-33H2. The molecule has 3 aromatic rings. The predicted octanol–water partition coefficient (Wildman–Crippen LogP) is 4.72. The molecule has 0 aliphatic carbocycles. The number of nitrogens with two attached hydrogens (primary N) is 2. The fraction of sp³-hybridized carbons (Fsp3) is 0.148. The van der Waals surface area contributed by atoms with Crippen LogP contribution in [0.3, 0.4) is 0 Å². The summed E-state index contributed by atoms with van der Waals surface area (Å²) in [5.41, 5.74) is 12.5. The van der Waals surface area contributed by atoms with Gasteiger partial charge in [-0.15, -0.1) is 0 Å². The molecule has 0 saturated carbocycles. The van der Waals surface area contributed by atoms with Gasteiger partial charge in [0, 0.05) is 17.5 Å². The van der Waals surface area contributed by atoms with E-state index in [1.807, 2.05) is 0 Å². The summed E-state index contributed by atoms with van der Waals surface area (Å²) in [6.07, 6.45) is -6.11. The molecule has 0 spiro atoms. The van der Waals surface area contributed by atoms with E-state index in [1.165, 1.54) is 48.5 Å². The van der Waals surface area contributed by atoms with Crippen LogP contribution in [-0.4, -0.2) is 43.7 Å². The Morgan fingerprint density at radius 2 is 1.35 bits per heavy atom. The van der Waals surface area contributed by atoms with Gasteiger partial charge in [-0.25, -0.2) is 14.4 Å². The molecule has 0 heterocycles. The van der Waals surface area contributed by atoms with Crippen molar-refractivity contribution in [2.75, 3.05) is 24.7 Å². The van der Waals surface area contributed by atoms with Gasteiger partial charge in [0.05, 0.1) is 11.1 Å². The molecule has 0 saturated heterocycles. The molecule has 210 valence electrons. The van der Waals surface area contributed by atoms with Gasteiger partial charge in [-0.05, 0) is 66.2 Å². The first-order chi connectivity index (χ1) is 18.9. The highest BCUT2D eigenvalue weighted by molar-refractivity contribution is 5.92. The molecule has 4 N–H and O–H groups in total. The van der Waals surface area contributed by atoms with Crippen LogP contribution in [0.2, 0.25) is 0 Å². The highest BCUT2D eigenvalue weighted by Crippen LogP contribution is 2.27. The van der Waals surface area contributed by atoms with Crippen LogP contribution in [0.5, 0.6) is 11.5 Å². The van der Waals surface area contributed by atoms with Gasteiger partial charge in [0.1, 0.15) is 24.7 Å². The third-order valence-electron chi connectivity index (χ3n) is 4.87. The van der Waals surface area contributed by atoms with Gasteiger partial charge >= 0.3 is 30.4 Å². The van der Waals surface area contributed by atoms with Crippen molar-refractivity contribution in [3.63, 3.8) is 0 Å². The molecule has 9 nitrogen and oxygen atoms in total. The molecule has 0 fully saturated rings. The van der Waals surface area contributed by atoms with Crippen LogP contribution in [0.15, 0.2) is 72.8 Å². The smallest absolute Gasteiger partial charge is 0.459 e. The zero-order chi connectivity index (χ0) is 29.3. The Balaban J connectivity index is 1.43. The highest BCUT2D eigenvalue weighted by atomic mass is 19.3. The molecule has 0 atom stereocenters. The summed E-state index contributed by atoms with van der Waals surface area (Å²) < 4.78 is 69.4. The summed E-state index contributed by atoms with van der Waals surface area (Å²) in [4.78, 5) is 36.1. The number of alkyl halides is 4. The number of ether oxygens (including phenoxy) is 4. The summed E-state index contributed by atoms with van der Waals surface area (Å²) in [7, 11) is 0. The average Bonchev–Trinajstić information content (AvgIpc) is 2.90. The van der Waals surface area contributed by atoms with Gasteiger partial charge in [0.2, 0.25) is 0 Å². The number of rotatable bonds is 11. The molecule has 0 radical (unpaired) electrons. The lowest BCUT2D eigenvalue weighted by Gasteiger charge is -2.16. The van der Waals surface area contributed by atoms with Crippen LogP contribution in [0.25, 0.3) is 6.08 Å². The van der Waals surface area contributed by atoms with Gasteiger partial charge in [0.15, 0.2) is 0 Å². The fourth-order valence-electron chi connectivity index (χ4n) is 3.04. The van der Waals surface area contributed by atoms with Crippen LogP contribution in [-0.2, 0) is 14.3 Å². The fourth-order valence-corrected chi connectivity index (χ4v) is 3.04. The molecule has 40 heavy (non-hydrogen) atoms. The van der Waals surface area contributed by atoms with Gasteiger partial charge in [-0.2, -0.15) is 17.6 Å². The van der Waals surface area contributed by atoms with Crippen LogP contribution in [0.4, 0.5) is 28.9 Å². The van der Waals surface area contributed by atoms with Crippen LogP contribution in [0, 0.1) is 0 Å². The van der Waals surface area contributed by atoms with Crippen LogP contribution >= 0.6 is 0 Å². The maximum absolute atomic E-state index is 13.0. The summed E-state index contributed by atoms with van der Waals surface area (Å²) in [6.45, 7) is -0.380. The maximum Gasteiger partial charge on any atom is 0.461 e. The van der Waals surface area contributed by atoms with E-state index in [2.05, 4.69) is 4.74 Å². The van der Waals surface area contributed by atoms with Crippen molar-refractivity contribution >= 4 is 35.4 Å². The van der Waals surface area contributed by atoms with E-state index in [1.54, 1.807) is 0 Å². The van der Waals surface area contributed by atoms with E-state index in [9.17, 15) is 31.9 Å². The van der Waals surface area contributed by atoms with E-state index < -0.39 is 36.2 Å². The Labute approximate surface area is 224 Å². The van der Waals surface area contributed by atoms with E-state index in [-0.39, 0.29) is 30.1 Å². The second kappa shape index (κ2) is 13.1. The molecule has 0 aliphatic heterocycles. The zero-order valence-electron chi connectivity index (χ0n) is 20.5. The van der Waals surface area contributed by atoms with Crippen molar-refractivity contribution in [1.82, 2.24) is 0 Å². The van der Waals surface area contributed by atoms with E-state index >= 15 is 0 Å². The quantitative estimate of drug-likeness (QED) is 0.0848. The van der Waals surface area contributed by atoms with Crippen LogP contribution < -0.4 is 20.9 Å². The van der Waals surface area contributed by atoms with Gasteiger partial charge < -0.3 is 30.4 Å². The first-order valence-corrected chi connectivity index (χ1v) is 11.4. The molecular weight excluding hydrogens is 540 g/mol. The number of nitrogen functional groups attached to an aromatic ring is 2. The molecule has 3 rings (SSSR count). The van der Waals surface area contributed by atoms with Crippen molar-refractivity contribution in [3.8, 4) is 11.5 Å². The molecule has 0 unspecified atom stereocenters. The zero-order valence-corrected chi connectivity index (χ0v) is 20.5. The number of esters is 3. The predicted molar refractivity (Wildman–Crippen MR) is 135 cm³/mol. The normalized spacial score (nSPS) is 11.3. The number of hydrogen-bond acceptors (Lipinski definition) is 9. The number of anilines is 2. The second-order valence-electron chi connectivity index (χ2n) is 7.97. The molecule has 0 bridgehead atoms. The summed E-state index contributed by atoms with van der Waals surface area (Å²) in [5.74, 6) is -2.62. The van der Waals surface area contributed by atoms with Crippen molar-refractivity contribution < 1.29 is 50.9 Å². The van der Waals surface area contributed by atoms with Gasteiger partial charge in [0.25, 0.3) is 0 Å². The molecule has 0 aliphatic rings. The Kier molecular flexibility index (Phi) is 9.68. The number of benzene rings is 3. The lowest BCUT2D eigenvalue weighted by molar-refractivity contribution is -0.253. The van der Waals surface area contributed by atoms with E-state index in [4.69, 9.17) is 25.7 Å². The topological polar surface area (TPSA) is 140 Å². The Bertz CT molecular complexity index is 1360. The van der Waals surface area contributed by atoms with Crippen molar-refractivity contribution in [1.29, 1.82) is 0 Å². The maximum atomic E-state index is 13.0. The Morgan fingerprint density at radius 1 is 0.775 bits per heavy atom. The minimum Gasteiger partial charge on any atom is -0.459 e. The minimum atomic E-state index is -4.67. The number of halogens is 4. The largest absolute Gasteiger partial charge is 0.461 e. The van der Waals surface area contributed by atoms with Gasteiger partial charge in [-0.1, -0.05) is 12.1 Å². The Morgan fingerprint density at radius 3 is 1.95 bits per heavy atom. The number of hydrogen-bond donors (Lipinski definition) is 2. The summed E-state index contributed by atoms with van der Waals surface area (Å²) in [5, 5.41) is 0. The molecule has 3 aromatic carbocycles. The average molecular weight is 562 g/mol. The van der Waals surface area contributed by atoms with E-state index in [0.717, 1.165) is 30.3 Å². The third-order valence-corrected chi connectivity index (χ3v) is 4.87. The second-order valence-corrected chi connectivity index (χ2v) is 7.97. The number of carbonyl (C=O) groups excluding carboxylic acids is 3. The van der Waals surface area contributed by atoms with Crippen molar-refractivity contribution in [3.05, 3.63) is 89.5 Å². The van der Waals surface area contributed by atoms with Crippen molar-refractivity contribution in [2.45, 2.75) is 12.5 Å². The van der Waals surface area contributed by atoms with E-state index in [0.29, 0.717) is 16.9 Å². The summed E-state index contributed by atoms with van der Waals surface area (Å²) >= 11 is 0. The third kappa shape index (κ3) is 8.75. The van der Waals surface area contributed by atoms with Crippen LogP contribution in [0.1, 0.15) is 26.3 Å². The Hall–Kier alpha value is -5.07. The van der Waals surface area contributed by atoms with Crippen molar-refractivity contribution in [2.24, 2.45) is 0 Å². The highest BCUT2D eigenvalue weighted by Gasteiger charge is 2.43. The first-order valence-electron chi connectivity index (χ1n) is 11.4. The minimum absolute atomic E-state index is 0.0397. The lowest BCUT2D eigenvalue weighted by Crippen LogP contribution is -2.33. The number of carbonyl (C=O) groups is 3. The molecule has 0 aromatic heterocycles. The molecule has 0 amide bonds. The SMILES string of the molecule is Nc1cc(N)cc(C(=O)OCCOC(=O)C=Cc2ccc(OC(=O)c3ccc(OC(F)(F)C(F)F)cc3)cc2)c1. The monoisotopic (exact) mass is 562 g/mol. The van der Waals surface area contributed by atoms with Gasteiger partial charge in [-0.3, -0.25) is 0 Å².